The van der Waals surface area contributed by atoms with Crippen molar-refractivity contribution < 1.29 is 14.5 Å². The Morgan fingerprint density at radius 1 is 1.23 bits per heavy atom. The van der Waals surface area contributed by atoms with E-state index in [-0.39, 0.29) is 30.3 Å². The molecule has 1 rings (SSSR count). The number of hydrogen-bond donors (Lipinski definition) is 2. The Morgan fingerprint density at radius 2 is 1.91 bits per heavy atom. The number of nitro benzene ring substituents is 1. The van der Waals surface area contributed by atoms with Crippen LogP contribution in [0.3, 0.4) is 0 Å². The molecule has 7 nitrogen and oxygen atoms in total. The third-order valence-corrected chi connectivity index (χ3v) is 2.96. The number of benzene rings is 1. The van der Waals surface area contributed by atoms with Gasteiger partial charge in [-0.3, -0.25) is 19.7 Å². The smallest absolute Gasteiger partial charge is 0.271 e. The standard InChI is InChI=1S/C15H21N3O4/c1-11(2)8-9-16-14(19)6-7-15(20)17-12-4-3-5-13(10-12)18(21)22/h3-5,10-11H,6-9H2,1-2H3,(H,16,19)(H,17,20). The maximum atomic E-state index is 11.7. The molecule has 0 aromatic heterocycles. The van der Waals surface area contributed by atoms with Crippen LogP contribution in [-0.2, 0) is 9.59 Å². The van der Waals surface area contributed by atoms with Crippen LogP contribution in [0.4, 0.5) is 11.4 Å². The van der Waals surface area contributed by atoms with Gasteiger partial charge < -0.3 is 10.6 Å². The normalized spacial score (nSPS) is 10.3. The van der Waals surface area contributed by atoms with Crippen molar-refractivity contribution in [3.05, 3.63) is 34.4 Å². The molecule has 0 saturated heterocycles. The first-order valence-electron chi connectivity index (χ1n) is 7.19. The highest BCUT2D eigenvalue weighted by Crippen LogP contribution is 2.17. The fraction of sp³-hybridized carbons (Fsp3) is 0.467. The molecule has 0 fully saturated rings. The lowest BCUT2D eigenvalue weighted by Gasteiger charge is -2.07. The predicted octanol–water partition coefficient (Wildman–Crippen LogP) is 2.48. The van der Waals surface area contributed by atoms with E-state index >= 15 is 0 Å². The van der Waals surface area contributed by atoms with Crippen molar-refractivity contribution in [1.29, 1.82) is 0 Å². The van der Waals surface area contributed by atoms with E-state index in [0.29, 0.717) is 18.2 Å². The van der Waals surface area contributed by atoms with Crippen molar-refractivity contribution in [2.45, 2.75) is 33.1 Å². The highest BCUT2D eigenvalue weighted by atomic mass is 16.6. The van der Waals surface area contributed by atoms with Crippen molar-refractivity contribution in [1.82, 2.24) is 5.32 Å². The second-order valence-corrected chi connectivity index (χ2v) is 5.39. The summed E-state index contributed by atoms with van der Waals surface area (Å²) in [5.41, 5.74) is 0.253. The van der Waals surface area contributed by atoms with Gasteiger partial charge in [0.25, 0.3) is 5.69 Å². The van der Waals surface area contributed by atoms with Crippen molar-refractivity contribution in [3.8, 4) is 0 Å². The number of nitro groups is 1. The number of hydrogen-bond acceptors (Lipinski definition) is 4. The van der Waals surface area contributed by atoms with Crippen molar-refractivity contribution in [2.75, 3.05) is 11.9 Å². The van der Waals surface area contributed by atoms with Crippen LogP contribution in [0.25, 0.3) is 0 Å². The molecule has 0 bridgehead atoms. The number of anilines is 1. The summed E-state index contributed by atoms with van der Waals surface area (Å²) in [4.78, 5) is 33.4. The Morgan fingerprint density at radius 3 is 2.55 bits per heavy atom. The Bertz CT molecular complexity index is 543. The molecular weight excluding hydrogens is 286 g/mol. The van der Waals surface area contributed by atoms with E-state index < -0.39 is 4.92 Å². The quantitative estimate of drug-likeness (QED) is 0.569. The summed E-state index contributed by atoms with van der Waals surface area (Å²) in [6, 6.07) is 5.68. The van der Waals surface area contributed by atoms with Crippen LogP contribution in [-0.4, -0.2) is 23.3 Å². The molecule has 22 heavy (non-hydrogen) atoms. The van der Waals surface area contributed by atoms with Crippen LogP contribution in [0.5, 0.6) is 0 Å². The molecule has 7 heteroatoms. The molecule has 0 aliphatic heterocycles. The number of rotatable bonds is 8. The molecular formula is C15H21N3O4. The second kappa shape index (κ2) is 8.76. The van der Waals surface area contributed by atoms with Gasteiger partial charge in [-0.25, -0.2) is 0 Å². The first-order chi connectivity index (χ1) is 10.4. The summed E-state index contributed by atoms with van der Waals surface area (Å²) < 4.78 is 0. The summed E-state index contributed by atoms with van der Waals surface area (Å²) >= 11 is 0. The highest BCUT2D eigenvalue weighted by Gasteiger charge is 2.10. The van der Waals surface area contributed by atoms with Crippen LogP contribution in [0.15, 0.2) is 24.3 Å². The molecule has 0 atom stereocenters. The molecule has 1 aromatic rings. The van der Waals surface area contributed by atoms with Gasteiger partial charge in [-0.2, -0.15) is 0 Å². The summed E-state index contributed by atoms with van der Waals surface area (Å²) in [7, 11) is 0. The summed E-state index contributed by atoms with van der Waals surface area (Å²) in [6.45, 7) is 4.74. The molecule has 0 aliphatic carbocycles. The van der Waals surface area contributed by atoms with E-state index in [4.69, 9.17) is 0 Å². The zero-order chi connectivity index (χ0) is 16.5. The second-order valence-electron chi connectivity index (χ2n) is 5.39. The summed E-state index contributed by atoms with van der Waals surface area (Å²) in [5.74, 6) is -0.00757. The maximum Gasteiger partial charge on any atom is 0.271 e. The first-order valence-corrected chi connectivity index (χ1v) is 7.19. The topological polar surface area (TPSA) is 101 Å². The lowest BCUT2D eigenvalue weighted by atomic mass is 10.1. The largest absolute Gasteiger partial charge is 0.356 e. The van der Waals surface area contributed by atoms with Crippen molar-refractivity contribution in [3.63, 3.8) is 0 Å². The van der Waals surface area contributed by atoms with Gasteiger partial charge in [-0.1, -0.05) is 19.9 Å². The minimum Gasteiger partial charge on any atom is -0.356 e. The minimum atomic E-state index is -0.530. The zero-order valence-corrected chi connectivity index (χ0v) is 12.8. The predicted molar refractivity (Wildman–Crippen MR) is 83.4 cm³/mol. The van der Waals surface area contributed by atoms with Gasteiger partial charge in [0, 0.05) is 37.2 Å². The van der Waals surface area contributed by atoms with Gasteiger partial charge in [0.2, 0.25) is 11.8 Å². The average Bonchev–Trinajstić information content (AvgIpc) is 2.45. The van der Waals surface area contributed by atoms with E-state index in [0.717, 1.165) is 6.42 Å². The van der Waals surface area contributed by atoms with Crippen molar-refractivity contribution in [2.24, 2.45) is 5.92 Å². The number of nitrogens with zero attached hydrogens (tertiary/aromatic N) is 1. The molecule has 120 valence electrons. The minimum absolute atomic E-state index is 0.0379. The molecule has 0 aliphatic rings. The van der Waals surface area contributed by atoms with Crippen LogP contribution in [0.1, 0.15) is 33.1 Å². The van der Waals surface area contributed by atoms with E-state index in [1.54, 1.807) is 6.07 Å². The zero-order valence-electron chi connectivity index (χ0n) is 12.8. The Labute approximate surface area is 129 Å². The van der Waals surface area contributed by atoms with E-state index in [2.05, 4.69) is 24.5 Å². The summed E-state index contributed by atoms with van der Waals surface area (Å²) in [5, 5.41) is 15.9. The molecule has 0 unspecified atom stereocenters. The lowest BCUT2D eigenvalue weighted by Crippen LogP contribution is -2.26. The van der Waals surface area contributed by atoms with Crippen molar-refractivity contribution >= 4 is 23.2 Å². The Kier molecular flexibility index (Phi) is 7.01. The molecule has 0 radical (unpaired) electrons. The van der Waals surface area contributed by atoms with E-state index in [1.807, 2.05) is 0 Å². The highest BCUT2D eigenvalue weighted by molar-refractivity contribution is 5.93. The van der Waals surface area contributed by atoms with Crippen LogP contribution in [0.2, 0.25) is 0 Å². The molecule has 2 N–H and O–H groups in total. The number of carbonyl (C=O) groups is 2. The van der Waals surface area contributed by atoms with E-state index in [9.17, 15) is 19.7 Å². The van der Waals surface area contributed by atoms with Gasteiger partial charge in [-0.15, -0.1) is 0 Å². The monoisotopic (exact) mass is 307 g/mol. The molecule has 0 spiro atoms. The fourth-order valence-corrected chi connectivity index (χ4v) is 1.74. The maximum absolute atomic E-state index is 11.7. The molecule has 0 saturated carbocycles. The van der Waals surface area contributed by atoms with Gasteiger partial charge in [0.1, 0.15) is 0 Å². The SMILES string of the molecule is CC(C)CCNC(=O)CCC(=O)Nc1cccc([N+](=O)[O-])c1. The number of carbonyl (C=O) groups excluding carboxylic acids is 2. The van der Waals surface area contributed by atoms with Gasteiger partial charge in [0.05, 0.1) is 4.92 Å². The number of amides is 2. The average molecular weight is 307 g/mol. The molecule has 2 amide bonds. The third-order valence-electron chi connectivity index (χ3n) is 2.96. The molecule has 1 aromatic carbocycles. The van der Waals surface area contributed by atoms with Crippen LogP contribution in [0, 0.1) is 16.0 Å². The Balaban J connectivity index is 2.35. The number of nitrogens with one attached hydrogen (secondary N) is 2. The van der Waals surface area contributed by atoms with Gasteiger partial charge in [0.15, 0.2) is 0 Å². The summed E-state index contributed by atoms with van der Waals surface area (Å²) in [6.07, 6.45) is 1.03. The first kappa shape index (κ1) is 17.6. The molecule has 0 heterocycles. The van der Waals surface area contributed by atoms with Gasteiger partial charge in [-0.05, 0) is 18.4 Å². The van der Waals surface area contributed by atoms with Gasteiger partial charge >= 0.3 is 0 Å². The Hall–Kier alpha value is -2.44. The lowest BCUT2D eigenvalue weighted by molar-refractivity contribution is -0.384. The number of non-ortho nitro benzene ring substituents is 1. The van der Waals surface area contributed by atoms with Crippen LogP contribution < -0.4 is 10.6 Å². The third kappa shape index (κ3) is 6.83. The fourth-order valence-electron chi connectivity index (χ4n) is 1.74. The van der Waals surface area contributed by atoms with Crippen LogP contribution >= 0.6 is 0 Å². The van der Waals surface area contributed by atoms with E-state index in [1.165, 1.54) is 18.2 Å².